The molecule has 0 radical (unpaired) electrons. The van der Waals surface area contributed by atoms with Crippen molar-refractivity contribution in [3.8, 4) is 0 Å². The fourth-order valence-corrected chi connectivity index (χ4v) is 4.14. The predicted octanol–water partition coefficient (Wildman–Crippen LogP) is -0.241. The van der Waals surface area contributed by atoms with Crippen molar-refractivity contribution >= 4 is 10.0 Å². The molecule has 7 heteroatoms. The van der Waals surface area contributed by atoms with Crippen molar-refractivity contribution in [1.29, 1.82) is 0 Å². The second-order valence-corrected chi connectivity index (χ2v) is 6.41. The summed E-state index contributed by atoms with van der Waals surface area (Å²) in [5, 5.41) is 4.15. The molecule has 1 atom stereocenters. The highest BCUT2D eigenvalue weighted by Gasteiger charge is 2.34. The molecule has 1 aromatic rings. The van der Waals surface area contributed by atoms with Gasteiger partial charge in [-0.3, -0.25) is 4.68 Å². The molecule has 0 bridgehead atoms. The van der Waals surface area contributed by atoms with Crippen LogP contribution in [0.2, 0.25) is 0 Å². The number of sulfonamides is 1. The van der Waals surface area contributed by atoms with E-state index in [2.05, 4.69) is 5.10 Å². The van der Waals surface area contributed by atoms with Crippen LogP contribution in [0.15, 0.2) is 4.90 Å². The zero-order valence-corrected chi connectivity index (χ0v) is 11.2. The summed E-state index contributed by atoms with van der Waals surface area (Å²) in [4.78, 5) is 0.328. The highest BCUT2D eigenvalue weighted by molar-refractivity contribution is 7.89. The maximum absolute atomic E-state index is 12.5. The van der Waals surface area contributed by atoms with E-state index in [4.69, 9.17) is 5.73 Å². The van der Waals surface area contributed by atoms with Gasteiger partial charge in [0.05, 0.1) is 11.4 Å². The zero-order valence-electron chi connectivity index (χ0n) is 10.3. The topological polar surface area (TPSA) is 81.2 Å². The van der Waals surface area contributed by atoms with Crippen LogP contribution >= 0.6 is 0 Å². The molecule has 0 aliphatic carbocycles. The molecule has 1 saturated heterocycles. The minimum Gasteiger partial charge on any atom is -0.326 e. The first-order chi connectivity index (χ1) is 7.84. The smallest absolute Gasteiger partial charge is 0.246 e. The summed E-state index contributed by atoms with van der Waals surface area (Å²) in [6, 6.07) is -0.0536. The summed E-state index contributed by atoms with van der Waals surface area (Å²) in [5.41, 5.74) is 6.97. The van der Waals surface area contributed by atoms with Crippen LogP contribution in [0.5, 0.6) is 0 Å². The quantitative estimate of drug-likeness (QED) is 0.793. The molecule has 96 valence electrons. The third-order valence-corrected chi connectivity index (χ3v) is 5.35. The molecule has 1 aromatic heterocycles. The first kappa shape index (κ1) is 12.5. The Kier molecular flexibility index (Phi) is 3.01. The molecule has 2 N–H and O–H groups in total. The molecule has 2 heterocycles. The average molecular weight is 258 g/mol. The standard InChI is InChI=1S/C10H18N4O2S/c1-7-10(8(2)13(3)12-7)17(15,16)14-5-4-9(11)6-14/h9H,4-6,11H2,1-3H3. The Hall–Kier alpha value is -0.920. The highest BCUT2D eigenvalue weighted by atomic mass is 32.2. The van der Waals surface area contributed by atoms with Crippen LogP contribution in [0.3, 0.4) is 0 Å². The van der Waals surface area contributed by atoms with Gasteiger partial charge in [-0.1, -0.05) is 0 Å². The SMILES string of the molecule is Cc1nn(C)c(C)c1S(=O)(=O)N1CCC(N)C1. The van der Waals surface area contributed by atoms with Gasteiger partial charge in [0.1, 0.15) is 4.90 Å². The molecule has 1 aliphatic rings. The van der Waals surface area contributed by atoms with E-state index in [9.17, 15) is 8.42 Å². The van der Waals surface area contributed by atoms with E-state index >= 15 is 0 Å². The molecule has 2 rings (SSSR count). The predicted molar refractivity (Wildman–Crippen MR) is 64.0 cm³/mol. The maximum atomic E-state index is 12.5. The second kappa shape index (κ2) is 4.08. The van der Waals surface area contributed by atoms with Crippen molar-refractivity contribution < 1.29 is 8.42 Å². The fourth-order valence-electron chi connectivity index (χ4n) is 2.23. The third kappa shape index (κ3) is 1.98. The highest BCUT2D eigenvalue weighted by Crippen LogP contribution is 2.25. The molecule has 0 saturated carbocycles. The van der Waals surface area contributed by atoms with Gasteiger partial charge in [-0.2, -0.15) is 9.40 Å². The monoisotopic (exact) mass is 258 g/mol. The van der Waals surface area contributed by atoms with Gasteiger partial charge in [-0.05, 0) is 20.3 Å². The van der Waals surface area contributed by atoms with Crippen LogP contribution < -0.4 is 5.73 Å². The van der Waals surface area contributed by atoms with E-state index in [1.165, 1.54) is 4.31 Å². The molecule has 17 heavy (non-hydrogen) atoms. The minimum absolute atomic E-state index is 0.0536. The molecule has 6 nitrogen and oxygen atoms in total. The van der Waals surface area contributed by atoms with Gasteiger partial charge < -0.3 is 5.73 Å². The van der Waals surface area contributed by atoms with Gasteiger partial charge in [0.2, 0.25) is 10.0 Å². The Morgan fingerprint density at radius 1 is 1.41 bits per heavy atom. The number of rotatable bonds is 2. The lowest BCUT2D eigenvalue weighted by Crippen LogP contribution is -2.32. The van der Waals surface area contributed by atoms with E-state index in [1.54, 1.807) is 25.6 Å². The third-order valence-electron chi connectivity index (χ3n) is 3.23. The van der Waals surface area contributed by atoms with Crippen LogP contribution in [0.4, 0.5) is 0 Å². The van der Waals surface area contributed by atoms with Crippen LogP contribution in [0, 0.1) is 13.8 Å². The van der Waals surface area contributed by atoms with E-state index in [0.717, 1.165) is 6.42 Å². The lowest BCUT2D eigenvalue weighted by atomic mass is 10.3. The van der Waals surface area contributed by atoms with E-state index in [0.29, 0.717) is 29.4 Å². The maximum Gasteiger partial charge on any atom is 0.246 e. The Morgan fingerprint density at radius 2 is 2.06 bits per heavy atom. The van der Waals surface area contributed by atoms with Crippen molar-refractivity contribution in [1.82, 2.24) is 14.1 Å². The summed E-state index contributed by atoms with van der Waals surface area (Å²) in [6.07, 6.45) is 0.720. The van der Waals surface area contributed by atoms with Crippen molar-refractivity contribution in [3.05, 3.63) is 11.4 Å². The van der Waals surface area contributed by atoms with Crippen LogP contribution in [-0.4, -0.2) is 41.6 Å². The number of hydrogen-bond acceptors (Lipinski definition) is 4. The van der Waals surface area contributed by atoms with Gasteiger partial charge >= 0.3 is 0 Å². The summed E-state index contributed by atoms with van der Waals surface area (Å²) in [7, 11) is -1.70. The minimum atomic E-state index is -3.44. The number of aryl methyl sites for hydroxylation is 2. The van der Waals surface area contributed by atoms with Crippen molar-refractivity contribution in [2.24, 2.45) is 12.8 Å². The van der Waals surface area contributed by atoms with Gasteiger partial charge in [0, 0.05) is 26.2 Å². The number of hydrogen-bond donors (Lipinski definition) is 1. The van der Waals surface area contributed by atoms with E-state index in [-0.39, 0.29) is 6.04 Å². The Morgan fingerprint density at radius 3 is 2.47 bits per heavy atom. The van der Waals surface area contributed by atoms with E-state index in [1.807, 2.05) is 0 Å². The zero-order chi connectivity index (χ0) is 12.8. The van der Waals surface area contributed by atoms with Crippen molar-refractivity contribution in [2.45, 2.75) is 31.2 Å². The van der Waals surface area contributed by atoms with Gasteiger partial charge in [-0.15, -0.1) is 0 Å². The van der Waals surface area contributed by atoms with Crippen molar-refractivity contribution in [3.63, 3.8) is 0 Å². The molecular weight excluding hydrogens is 240 g/mol. The van der Waals surface area contributed by atoms with Gasteiger partial charge in [0.25, 0.3) is 0 Å². The summed E-state index contributed by atoms with van der Waals surface area (Å²) >= 11 is 0. The Labute approximate surface area is 101 Å². The summed E-state index contributed by atoms with van der Waals surface area (Å²) < 4.78 is 28.0. The van der Waals surface area contributed by atoms with Crippen LogP contribution in [0.1, 0.15) is 17.8 Å². The van der Waals surface area contributed by atoms with Crippen molar-refractivity contribution in [2.75, 3.05) is 13.1 Å². The van der Waals surface area contributed by atoms with E-state index < -0.39 is 10.0 Å². The lowest BCUT2D eigenvalue weighted by molar-refractivity contribution is 0.471. The molecule has 0 aromatic carbocycles. The second-order valence-electron chi connectivity index (χ2n) is 4.54. The number of nitrogens with zero attached hydrogens (tertiary/aromatic N) is 3. The molecule has 1 aliphatic heterocycles. The molecule has 0 amide bonds. The van der Waals surface area contributed by atoms with Gasteiger partial charge in [0.15, 0.2) is 0 Å². The molecule has 0 spiro atoms. The molecular formula is C10H18N4O2S. The first-order valence-corrected chi connectivity index (χ1v) is 7.04. The normalized spacial score (nSPS) is 22.2. The van der Waals surface area contributed by atoms with Crippen LogP contribution in [0.25, 0.3) is 0 Å². The Balaban J connectivity index is 2.45. The molecule has 1 unspecified atom stereocenters. The molecule has 1 fully saturated rings. The summed E-state index contributed by atoms with van der Waals surface area (Å²) in [6.45, 7) is 4.38. The average Bonchev–Trinajstić information content (AvgIpc) is 2.73. The largest absolute Gasteiger partial charge is 0.326 e. The van der Waals surface area contributed by atoms with Crippen LogP contribution in [-0.2, 0) is 17.1 Å². The number of aromatic nitrogens is 2. The lowest BCUT2D eigenvalue weighted by Gasteiger charge is -2.16. The fraction of sp³-hybridized carbons (Fsp3) is 0.700. The number of nitrogens with two attached hydrogens (primary N) is 1. The Bertz CT molecular complexity index is 535. The van der Waals surface area contributed by atoms with Gasteiger partial charge in [-0.25, -0.2) is 8.42 Å². The summed E-state index contributed by atoms with van der Waals surface area (Å²) in [5.74, 6) is 0. The first-order valence-electron chi connectivity index (χ1n) is 5.60.